The Labute approximate surface area is 183 Å². The van der Waals surface area contributed by atoms with Gasteiger partial charge in [-0.15, -0.1) is 11.3 Å². The number of halogens is 3. The quantitative estimate of drug-likeness (QED) is 0.660. The highest BCUT2D eigenvalue weighted by Crippen LogP contribution is 2.39. The van der Waals surface area contributed by atoms with Crippen molar-refractivity contribution in [3.63, 3.8) is 0 Å². The lowest BCUT2D eigenvalue weighted by atomic mass is 9.84. The zero-order chi connectivity index (χ0) is 21.5. The Hall–Kier alpha value is -1.49. The number of anilines is 2. The van der Waals surface area contributed by atoms with Crippen LogP contribution in [0.1, 0.15) is 19.3 Å². The minimum atomic E-state index is -4.50. The van der Waals surface area contributed by atoms with Gasteiger partial charge in [0.15, 0.2) is 15.8 Å². The van der Waals surface area contributed by atoms with E-state index in [-0.39, 0.29) is 15.8 Å². The molecule has 2 aliphatic rings. The molecule has 1 atom stereocenters. The van der Waals surface area contributed by atoms with Gasteiger partial charge in [0.25, 0.3) is 10.0 Å². The molecule has 0 unspecified atom stereocenters. The molecular formula is C19H23ClF2N4O2S2. The first-order valence-corrected chi connectivity index (χ1v) is 12.5. The molecule has 0 saturated carbocycles. The number of rotatable bonds is 5. The lowest BCUT2D eigenvalue weighted by molar-refractivity contribution is 0.178. The van der Waals surface area contributed by atoms with Crippen LogP contribution in [0.5, 0.6) is 0 Å². The third-order valence-electron chi connectivity index (χ3n) is 6.02. The number of sulfonamides is 1. The van der Waals surface area contributed by atoms with Gasteiger partial charge in [-0.25, -0.2) is 22.2 Å². The number of nitrogens with one attached hydrogen (secondary N) is 1. The minimum Gasteiger partial charge on any atom is -0.370 e. The number of likely N-dealkylation sites (tertiary alicyclic amines) is 1. The summed E-state index contributed by atoms with van der Waals surface area (Å²) in [6, 6.07) is 1.03. The summed E-state index contributed by atoms with van der Waals surface area (Å²) < 4.78 is 56.9. The molecule has 2 aliphatic heterocycles. The van der Waals surface area contributed by atoms with Gasteiger partial charge in [0.1, 0.15) is 10.8 Å². The molecule has 164 valence electrons. The largest absolute Gasteiger partial charge is 0.370 e. The SMILES string of the molecule is CN1CCC([C@H]2CCN(c3cc(F)c(S(=O)(=O)Nc4nccs4)c(F)c3Cl)C2)CC1. The average molecular weight is 477 g/mol. The topological polar surface area (TPSA) is 65.5 Å². The second-order valence-corrected chi connectivity index (χ2v) is 10.8. The Morgan fingerprint density at radius 1 is 1.20 bits per heavy atom. The van der Waals surface area contributed by atoms with Crippen LogP contribution < -0.4 is 9.62 Å². The Morgan fingerprint density at radius 3 is 2.57 bits per heavy atom. The van der Waals surface area contributed by atoms with Crippen molar-refractivity contribution < 1.29 is 17.2 Å². The van der Waals surface area contributed by atoms with Gasteiger partial charge in [-0.05, 0) is 51.2 Å². The summed E-state index contributed by atoms with van der Waals surface area (Å²) in [6.45, 7) is 3.42. The van der Waals surface area contributed by atoms with Gasteiger partial charge in [0.05, 0.1) is 5.69 Å². The van der Waals surface area contributed by atoms with E-state index in [4.69, 9.17) is 11.6 Å². The van der Waals surface area contributed by atoms with Crippen LogP contribution in [0.4, 0.5) is 19.6 Å². The van der Waals surface area contributed by atoms with Crippen LogP contribution in [0.15, 0.2) is 22.5 Å². The molecule has 1 aromatic heterocycles. The Kier molecular flexibility index (Phi) is 6.20. The highest BCUT2D eigenvalue weighted by atomic mass is 35.5. The molecule has 2 aromatic rings. The van der Waals surface area contributed by atoms with Gasteiger partial charge in [0.2, 0.25) is 0 Å². The Bertz CT molecular complexity index is 1010. The smallest absolute Gasteiger partial charge is 0.269 e. The van der Waals surface area contributed by atoms with E-state index in [1.165, 1.54) is 6.20 Å². The summed E-state index contributed by atoms with van der Waals surface area (Å²) in [5.74, 6) is -1.42. The van der Waals surface area contributed by atoms with Crippen molar-refractivity contribution in [2.75, 3.05) is 42.8 Å². The van der Waals surface area contributed by atoms with Gasteiger partial charge in [0, 0.05) is 30.7 Å². The van der Waals surface area contributed by atoms with Gasteiger partial charge in [-0.2, -0.15) is 0 Å². The normalized spacial score (nSPS) is 21.3. The van der Waals surface area contributed by atoms with Crippen molar-refractivity contribution >= 4 is 43.8 Å². The molecule has 0 aliphatic carbocycles. The number of piperidine rings is 1. The van der Waals surface area contributed by atoms with Crippen molar-refractivity contribution in [2.45, 2.75) is 24.2 Å². The number of hydrogen-bond donors (Lipinski definition) is 1. The van der Waals surface area contributed by atoms with Crippen molar-refractivity contribution in [1.29, 1.82) is 0 Å². The van der Waals surface area contributed by atoms with E-state index in [9.17, 15) is 17.2 Å². The molecule has 11 heteroatoms. The molecule has 0 spiro atoms. The molecule has 0 bridgehead atoms. The van der Waals surface area contributed by atoms with E-state index in [1.807, 2.05) is 4.90 Å². The minimum absolute atomic E-state index is 0.0227. The standard InChI is InChI=1S/C19H23ClF2N4O2S2/c1-25-6-2-12(3-7-25)13-4-8-26(11-13)15-10-14(21)18(17(22)16(15)20)30(27,28)24-19-23-5-9-29-19/h5,9-10,12-13H,2-4,6-8,11H2,1H3,(H,23,24)/t13-/m0/s1. The summed E-state index contributed by atoms with van der Waals surface area (Å²) in [5.41, 5.74) is 0.204. The summed E-state index contributed by atoms with van der Waals surface area (Å²) in [6.07, 6.45) is 4.55. The van der Waals surface area contributed by atoms with Crippen molar-refractivity contribution in [1.82, 2.24) is 9.88 Å². The summed E-state index contributed by atoms with van der Waals surface area (Å²) >= 11 is 7.20. The molecular weight excluding hydrogens is 454 g/mol. The maximum atomic E-state index is 15.0. The Balaban J connectivity index is 1.56. The number of benzene rings is 1. The molecule has 0 radical (unpaired) electrons. The van der Waals surface area contributed by atoms with E-state index < -0.39 is 26.6 Å². The lowest BCUT2D eigenvalue weighted by Gasteiger charge is -2.32. The maximum absolute atomic E-state index is 15.0. The first-order valence-electron chi connectivity index (χ1n) is 9.79. The molecule has 1 N–H and O–H groups in total. The van der Waals surface area contributed by atoms with Gasteiger partial charge < -0.3 is 9.80 Å². The highest BCUT2D eigenvalue weighted by molar-refractivity contribution is 7.93. The first-order chi connectivity index (χ1) is 14.3. The third kappa shape index (κ3) is 4.28. The second kappa shape index (κ2) is 8.57. The molecule has 1 aromatic carbocycles. The third-order valence-corrected chi connectivity index (χ3v) is 8.57. The van der Waals surface area contributed by atoms with Crippen LogP contribution in [0.25, 0.3) is 0 Å². The predicted octanol–water partition coefficient (Wildman–Crippen LogP) is 4.04. The van der Waals surface area contributed by atoms with E-state index in [2.05, 4.69) is 21.7 Å². The van der Waals surface area contributed by atoms with E-state index in [1.54, 1.807) is 5.38 Å². The van der Waals surface area contributed by atoms with Crippen molar-refractivity contribution in [3.05, 3.63) is 34.3 Å². The zero-order valence-electron chi connectivity index (χ0n) is 16.4. The van der Waals surface area contributed by atoms with Gasteiger partial charge in [-0.1, -0.05) is 11.6 Å². The maximum Gasteiger partial charge on any atom is 0.269 e. The molecule has 3 heterocycles. The van der Waals surface area contributed by atoms with Crippen LogP contribution in [-0.2, 0) is 10.0 Å². The summed E-state index contributed by atoms with van der Waals surface area (Å²) in [5, 5.41) is 1.20. The molecule has 2 fully saturated rings. The van der Waals surface area contributed by atoms with Crippen molar-refractivity contribution in [3.8, 4) is 0 Å². The highest BCUT2D eigenvalue weighted by Gasteiger charge is 2.35. The summed E-state index contributed by atoms with van der Waals surface area (Å²) in [7, 11) is -2.39. The lowest BCUT2D eigenvalue weighted by Crippen LogP contribution is -2.34. The monoisotopic (exact) mass is 476 g/mol. The zero-order valence-corrected chi connectivity index (χ0v) is 18.8. The van der Waals surface area contributed by atoms with Crippen LogP contribution >= 0.6 is 22.9 Å². The molecule has 0 amide bonds. The number of aromatic nitrogens is 1. The van der Waals surface area contributed by atoms with Gasteiger partial charge >= 0.3 is 0 Å². The predicted molar refractivity (Wildman–Crippen MR) is 115 cm³/mol. The Morgan fingerprint density at radius 2 is 1.90 bits per heavy atom. The molecule has 6 nitrogen and oxygen atoms in total. The van der Waals surface area contributed by atoms with Crippen LogP contribution in [0.2, 0.25) is 5.02 Å². The van der Waals surface area contributed by atoms with Crippen LogP contribution in [0.3, 0.4) is 0 Å². The van der Waals surface area contributed by atoms with E-state index in [0.717, 1.165) is 49.8 Å². The molecule has 4 rings (SSSR count). The number of hydrogen-bond acceptors (Lipinski definition) is 6. The fourth-order valence-corrected chi connectivity index (χ4v) is 6.63. The molecule has 2 saturated heterocycles. The van der Waals surface area contributed by atoms with Crippen LogP contribution in [0, 0.1) is 23.5 Å². The average Bonchev–Trinajstić information content (AvgIpc) is 3.37. The van der Waals surface area contributed by atoms with Gasteiger partial charge in [-0.3, -0.25) is 4.72 Å². The van der Waals surface area contributed by atoms with Crippen molar-refractivity contribution in [2.24, 2.45) is 11.8 Å². The first kappa shape index (κ1) is 21.7. The van der Waals surface area contributed by atoms with E-state index in [0.29, 0.717) is 24.9 Å². The second-order valence-electron chi connectivity index (χ2n) is 7.91. The van der Waals surface area contributed by atoms with E-state index >= 15 is 0 Å². The summed E-state index contributed by atoms with van der Waals surface area (Å²) in [4.78, 5) is 6.87. The number of thiazole rings is 1. The fourth-order valence-electron chi connectivity index (χ4n) is 4.37. The van der Waals surface area contributed by atoms with Crippen LogP contribution in [-0.4, -0.2) is 51.5 Å². The molecule has 30 heavy (non-hydrogen) atoms. The number of nitrogens with zero attached hydrogens (tertiary/aromatic N) is 3. The fraction of sp³-hybridized carbons (Fsp3) is 0.526.